The molecule has 0 aliphatic carbocycles. The molecule has 0 atom stereocenters. The topological polar surface area (TPSA) is 103 Å². The summed E-state index contributed by atoms with van der Waals surface area (Å²) >= 11 is 0. The Balaban J connectivity index is 1.44. The van der Waals surface area contributed by atoms with Gasteiger partial charge < -0.3 is 25.1 Å². The SMILES string of the molecule is CN(C)CCN(C)C(=O)c1ccc(Nc2nc(N3CCC(CCO)CC3)nc3c2ncn3-c2cccc(F)c2)cc1. The second kappa shape index (κ2) is 12.6. The van der Waals surface area contributed by atoms with Gasteiger partial charge in [-0.3, -0.25) is 9.36 Å². The molecule has 2 N–H and O–H groups in total. The van der Waals surface area contributed by atoms with Crippen molar-refractivity contribution in [1.29, 1.82) is 0 Å². The van der Waals surface area contributed by atoms with E-state index >= 15 is 0 Å². The second-order valence-electron chi connectivity index (χ2n) is 10.8. The molecule has 5 rings (SSSR count). The van der Waals surface area contributed by atoms with Crippen molar-refractivity contribution >= 4 is 34.5 Å². The van der Waals surface area contributed by atoms with Crippen LogP contribution in [0.2, 0.25) is 0 Å². The Morgan fingerprint density at radius 3 is 2.51 bits per heavy atom. The van der Waals surface area contributed by atoms with Crippen LogP contribution in [0.1, 0.15) is 29.6 Å². The Kier molecular flexibility index (Phi) is 8.75. The van der Waals surface area contributed by atoms with Crippen molar-refractivity contribution in [3.8, 4) is 5.69 Å². The van der Waals surface area contributed by atoms with Gasteiger partial charge in [0.1, 0.15) is 12.1 Å². The highest BCUT2D eigenvalue weighted by molar-refractivity contribution is 5.94. The van der Waals surface area contributed by atoms with E-state index in [0.717, 1.165) is 44.6 Å². The summed E-state index contributed by atoms with van der Waals surface area (Å²) in [6.45, 7) is 3.18. The molecule has 3 heterocycles. The fourth-order valence-corrected chi connectivity index (χ4v) is 5.04. The van der Waals surface area contributed by atoms with Crippen LogP contribution in [0.25, 0.3) is 16.9 Å². The van der Waals surface area contributed by atoms with E-state index in [1.54, 1.807) is 41.0 Å². The first-order chi connectivity index (χ1) is 19.8. The van der Waals surface area contributed by atoms with E-state index in [-0.39, 0.29) is 18.3 Å². The average Bonchev–Trinajstić information content (AvgIpc) is 3.41. The van der Waals surface area contributed by atoms with E-state index in [9.17, 15) is 14.3 Å². The van der Waals surface area contributed by atoms with Crippen LogP contribution in [0.4, 0.5) is 21.8 Å². The standard InChI is InChI=1S/C30H37FN8O2/c1-36(2)16-17-37(3)29(41)22-7-9-24(10-8-22)33-27-26-28(39(20-32-26)25-6-4-5-23(31)19-25)35-30(34-27)38-14-11-21(12-15-38)13-18-40/h4-10,19-21,40H,11-18H2,1-3H3,(H,33,34,35). The number of anilines is 3. The summed E-state index contributed by atoms with van der Waals surface area (Å²) in [6, 6.07) is 13.6. The number of aromatic nitrogens is 4. The van der Waals surface area contributed by atoms with Gasteiger partial charge in [-0.1, -0.05) is 6.07 Å². The summed E-state index contributed by atoms with van der Waals surface area (Å²) < 4.78 is 15.8. The maximum atomic E-state index is 14.1. The van der Waals surface area contributed by atoms with Gasteiger partial charge in [-0.05, 0) is 81.7 Å². The van der Waals surface area contributed by atoms with E-state index in [0.29, 0.717) is 46.6 Å². The van der Waals surface area contributed by atoms with Crippen molar-refractivity contribution < 1.29 is 14.3 Å². The van der Waals surface area contributed by atoms with Gasteiger partial charge in [-0.25, -0.2) is 9.37 Å². The lowest BCUT2D eigenvalue weighted by molar-refractivity contribution is 0.0786. The number of aliphatic hydroxyl groups is 1. The molecule has 1 aliphatic heterocycles. The van der Waals surface area contributed by atoms with Gasteiger partial charge in [-0.2, -0.15) is 9.97 Å². The molecule has 1 fully saturated rings. The highest BCUT2D eigenvalue weighted by Gasteiger charge is 2.23. The predicted molar refractivity (Wildman–Crippen MR) is 158 cm³/mol. The number of hydrogen-bond acceptors (Lipinski definition) is 8. The molecule has 0 bridgehead atoms. The van der Waals surface area contributed by atoms with E-state index in [2.05, 4.69) is 15.2 Å². The molecule has 2 aromatic heterocycles. The third kappa shape index (κ3) is 6.63. The number of fused-ring (bicyclic) bond motifs is 1. The van der Waals surface area contributed by atoms with Crippen LogP contribution >= 0.6 is 0 Å². The van der Waals surface area contributed by atoms with Gasteiger partial charge in [0.2, 0.25) is 5.95 Å². The molecule has 1 aliphatic rings. The summed E-state index contributed by atoms with van der Waals surface area (Å²) in [5.41, 5.74) is 3.09. The van der Waals surface area contributed by atoms with Gasteiger partial charge >= 0.3 is 0 Å². The molecule has 41 heavy (non-hydrogen) atoms. The minimum atomic E-state index is -0.343. The van der Waals surface area contributed by atoms with Gasteiger partial charge in [0, 0.05) is 51.1 Å². The monoisotopic (exact) mass is 560 g/mol. The normalized spacial score (nSPS) is 14.1. The number of carbonyl (C=O) groups excluding carboxylic acids is 1. The van der Waals surface area contributed by atoms with Crippen LogP contribution in [0.5, 0.6) is 0 Å². The molecule has 216 valence electrons. The Labute approximate surface area is 239 Å². The summed E-state index contributed by atoms with van der Waals surface area (Å²) in [6.07, 6.45) is 4.33. The fraction of sp³-hybridized carbons (Fsp3) is 0.400. The van der Waals surface area contributed by atoms with E-state index in [1.165, 1.54) is 12.1 Å². The maximum Gasteiger partial charge on any atom is 0.253 e. The fourth-order valence-electron chi connectivity index (χ4n) is 5.04. The first kappa shape index (κ1) is 28.4. The molecule has 0 unspecified atom stereocenters. The number of benzene rings is 2. The summed E-state index contributed by atoms with van der Waals surface area (Å²) in [4.78, 5) is 33.1. The Morgan fingerprint density at radius 2 is 1.83 bits per heavy atom. The van der Waals surface area contributed by atoms with Crippen LogP contribution in [0, 0.1) is 11.7 Å². The first-order valence-corrected chi connectivity index (χ1v) is 14.0. The molecule has 1 amide bonds. The Bertz CT molecular complexity index is 1480. The molecule has 4 aromatic rings. The number of imidazole rings is 1. The van der Waals surface area contributed by atoms with Crippen molar-refractivity contribution in [1.82, 2.24) is 29.3 Å². The third-order valence-electron chi connectivity index (χ3n) is 7.53. The number of rotatable bonds is 10. The molecular weight excluding hydrogens is 523 g/mol. The minimum Gasteiger partial charge on any atom is -0.396 e. The first-order valence-electron chi connectivity index (χ1n) is 14.0. The minimum absolute atomic E-state index is 0.0384. The van der Waals surface area contributed by atoms with E-state index < -0.39 is 0 Å². The number of carbonyl (C=O) groups is 1. The Hall–Kier alpha value is -4.09. The number of hydrogen-bond donors (Lipinski definition) is 2. The zero-order valence-corrected chi connectivity index (χ0v) is 23.8. The quantitative estimate of drug-likeness (QED) is 0.301. The van der Waals surface area contributed by atoms with Crippen LogP contribution in [0.3, 0.4) is 0 Å². The molecule has 0 saturated carbocycles. The molecule has 1 saturated heterocycles. The molecule has 10 nitrogen and oxygen atoms in total. The van der Waals surface area contributed by atoms with E-state index in [4.69, 9.17) is 9.97 Å². The van der Waals surface area contributed by atoms with Gasteiger partial charge in [0.05, 0.1) is 5.69 Å². The lowest BCUT2D eigenvalue weighted by Gasteiger charge is -2.32. The maximum absolute atomic E-state index is 14.1. The molecule has 2 aromatic carbocycles. The third-order valence-corrected chi connectivity index (χ3v) is 7.53. The Morgan fingerprint density at radius 1 is 1.07 bits per heavy atom. The van der Waals surface area contributed by atoms with Gasteiger partial charge in [0.15, 0.2) is 17.0 Å². The second-order valence-corrected chi connectivity index (χ2v) is 10.8. The number of nitrogens with zero attached hydrogens (tertiary/aromatic N) is 7. The number of likely N-dealkylation sites (N-methyl/N-ethyl adjacent to an activating group) is 2. The predicted octanol–water partition coefficient (Wildman–Crippen LogP) is 3.93. The average molecular weight is 561 g/mol. The van der Waals surface area contributed by atoms with Crippen molar-refractivity contribution in [3.05, 3.63) is 66.2 Å². The lowest BCUT2D eigenvalue weighted by Crippen LogP contribution is -2.35. The summed E-state index contributed by atoms with van der Waals surface area (Å²) in [7, 11) is 5.77. The number of aliphatic hydroxyl groups excluding tert-OH is 1. The van der Waals surface area contributed by atoms with Crippen molar-refractivity contribution in [2.24, 2.45) is 5.92 Å². The van der Waals surface area contributed by atoms with Crippen LogP contribution in [0.15, 0.2) is 54.9 Å². The number of piperidine rings is 1. The van der Waals surface area contributed by atoms with Gasteiger partial charge in [-0.15, -0.1) is 0 Å². The van der Waals surface area contributed by atoms with Crippen LogP contribution in [-0.4, -0.2) is 94.3 Å². The molecule has 0 spiro atoms. The number of amides is 1. The molecular formula is C30H37FN8O2. The number of halogens is 1. The summed E-state index contributed by atoms with van der Waals surface area (Å²) in [5, 5.41) is 12.7. The molecule has 0 radical (unpaired) electrons. The van der Waals surface area contributed by atoms with Crippen molar-refractivity contribution in [2.45, 2.75) is 19.3 Å². The van der Waals surface area contributed by atoms with Crippen LogP contribution < -0.4 is 10.2 Å². The summed E-state index contributed by atoms with van der Waals surface area (Å²) in [5.74, 6) is 1.20. The van der Waals surface area contributed by atoms with Crippen LogP contribution in [-0.2, 0) is 0 Å². The van der Waals surface area contributed by atoms with Crippen molar-refractivity contribution in [3.63, 3.8) is 0 Å². The smallest absolute Gasteiger partial charge is 0.253 e. The zero-order chi connectivity index (χ0) is 28.9. The van der Waals surface area contributed by atoms with E-state index in [1.807, 2.05) is 37.2 Å². The highest BCUT2D eigenvalue weighted by Crippen LogP contribution is 2.30. The lowest BCUT2D eigenvalue weighted by atomic mass is 9.94. The largest absolute Gasteiger partial charge is 0.396 e. The van der Waals surface area contributed by atoms with Crippen molar-refractivity contribution in [2.75, 3.05) is 64.1 Å². The highest BCUT2D eigenvalue weighted by atomic mass is 19.1. The molecule has 11 heteroatoms. The number of nitrogens with one attached hydrogen (secondary N) is 1. The van der Waals surface area contributed by atoms with Gasteiger partial charge in [0.25, 0.3) is 5.91 Å². The zero-order valence-electron chi connectivity index (χ0n) is 23.8.